The topological polar surface area (TPSA) is 27.6 Å². The Labute approximate surface area is 67.5 Å². The van der Waals surface area contributed by atoms with Crippen LogP contribution in [0, 0.1) is 5.92 Å². The maximum Gasteiger partial charge on any atom is 0.0635 e. The molecule has 0 aromatic rings. The summed E-state index contributed by atoms with van der Waals surface area (Å²) in [4.78, 5) is 2.43. The normalized spacial score (nSPS) is 42.8. The van der Waals surface area contributed by atoms with Crippen molar-refractivity contribution in [1.82, 2.24) is 10.3 Å². The highest BCUT2D eigenvalue weighted by Gasteiger charge is 2.44. The molecule has 3 atom stereocenters. The van der Waals surface area contributed by atoms with Gasteiger partial charge in [0.15, 0.2) is 0 Å². The minimum atomic E-state index is 0.581. The van der Waals surface area contributed by atoms with Gasteiger partial charge in [-0.1, -0.05) is 0 Å². The lowest BCUT2D eigenvalue weighted by Crippen LogP contribution is -2.36. The smallest absolute Gasteiger partial charge is 0.0635 e. The molecule has 11 heavy (non-hydrogen) atoms. The molecule has 62 valence electrons. The lowest BCUT2D eigenvalue weighted by atomic mass is 10.1. The number of hydrogen-bond acceptors (Lipinski definition) is 3. The van der Waals surface area contributed by atoms with Crippen molar-refractivity contribution < 1.29 is 0 Å². The van der Waals surface area contributed by atoms with Gasteiger partial charge in [-0.25, -0.2) is 0 Å². The zero-order valence-electron chi connectivity index (χ0n) is 6.95. The highest BCUT2D eigenvalue weighted by atomic mass is 15.3. The van der Waals surface area contributed by atoms with Gasteiger partial charge >= 0.3 is 0 Å². The first-order valence-electron chi connectivity index (χ1n) is 4.24. The van der Waals surface area contributed by atoms with Crippen molar-refractivity contribution in [2.24, 2.45) is 11.0 Å². The fraction of sp³-hybridized carbons (Fsp3) is 0.875. The van der Waals surface area contributed by atoms with Crippen LogP contribution in [0.2, 0.25) is 0 Å². The molecule has 3 unspecified atom stereocenters. The molecule has 1 heterocycles. The Hall–Kier alpha value is -0.570. The van der Waals surface area contributed by atoms with E-state index >= 15 is 0 Å². The van der Waals surface area contributed by atoms with Crippen molar-refractivity contribution >= 4 is 6.72 Å². The quantitative estimate of drug-likeness (QED) is 0.456. The molecule has 2 fully saturated rings. The molecule has 1 saturated carbocycles. The molecule has 1 aliphatic heterocycles. The molecule has 0 amide bonds. The van der Waals surface area contributed by atoms with Crippen molar-refractivity contribution in [3.05, 3.63) is 0 Å². The van der Waals surface area contributed by atoms with E-state index in [2.05, 4.69) is 29.2 Å². The summed E-state index contributed by atoms with van der Waals surface area (Å²) in [6, 6.07) is 1.29. The monoisotopic (exact) mass is 153 g/mol. The van der Waals surface area contributed by atoms with E-state index in [1.54, 1.807) is 0 Å². The van der Waals surface area contributed by atoms with Gasteiger partial charge in [-0.3, -0.25) is 0 Å². The summed E-state index contributed by atoms with van der Waals surface area (Å²) in [6.07, 6.45) is 2.69. The molecule has 2 bridgehead atoms. The Morgan fingerprint density at radius 3 is 2.82 bits per heavy atom. The molecular formula is C8H15N3. The summed E-state index contributed by atoms with van der Waals surface area (Å²) in [5.41, 5.74) is 3.11. The van der Waals surface area contributed by atoms with Crippen molar-refractivity contribution in [3.8, 4) is 0 Å². The predicted molar refractivity (Wildman–Crippen MR) is 45.6 cm³/mol. The average Bonchev–Trinajstić information content (AvgIpc) is 2.46. The van der Waals surface area contributed by atoms with Crippen LogP contribution in [-0.2, 0) is 0 Å². The molecule has 1 N–H and O–H groups in total. The summed E-state index contributed by atoms with van der Waals surface area (Å²) in [6.45, 7) is 4.70. The van der Waals surface area contributed by atoms with Gasteiger partial charge in [-0.15, -0.1) is 0 Å². The van der Waals surface area contributed by atoms with Crippen LogP contribution in [0.3, 0.4) is 0 Å². The largest absolute Gasteiger partial charge is 0.306 e. The summed E-state index contributed by atoms with van der Waals surface area (Å²) >= 11 is 0. The summed E-state index contributed by atoms with van der Waals surface area (Å²) < 4.78 is 0. The standard InChI is InChI=1S/C8H15N3/c1-9-10-8-6-3-4-7(8)11(2)5-6/h6-8,10H,1,3-5H2,2H3. The third-order valence-electron chi connectivity index (χ3n) is 3.08. The number of likely N-dealkylation sites (tertiary alicyclic amines) is 1. The minimum absolute atomic E-state index is 0.581. The van der Waals surface area contributed by atoms with E-state index in [9.17, 15) is 0 Å². The predicted octanol–water partition coefficient (Wildman–Crippen LogP) is 0.284. The molecule has 2 rings (SSSR count). The Balaban J connectivity index is 2.06. The maximum absolute atomic E-state index is 3.77. The Bertz CT molecular complexity index is 169. The van der Waals surface area contributed by atoms with E-state index in [-0.39, 0.29) is 0 Å². The van der Waals surface area contributed by atoms with Gasteiger partial charge in [0.2, 0.25) is 0 Å². The van der Waals surface area contributed by atoms with E-state index in [4.69, 9.17) is 0 Å². The molecule has 0 spiro atoms. The first kappa shape index (κ1) is 7.10. The second-order valence-electron chi connectivity index (χ2n) is 3.66. The molecule has 2 aliphatic rings. The van der Waals surface area contributed by atoms with Crippen LogP contribution in [0.15, 0.2) is 5.10 Å². The van der Waals surface area contributed by atoms with Crippen LogP contribution < -0.4 is 5.43 Å². The van der Waals surface area contributed by atoms with Gasteiger partial charge in [0, 0.05) is 19.3 Å². The maximum atomic E-state index is 3.77. The zero-order chi connectivity index (χ0) is 7.84. The minimum Gasteiger partial charge on any atom is -0.306 e. The first-order valence-corrected chi connectivity index (χ1v) is 4.24. The molecule has 3 nitrogen and oxygen atoms in total. The van der Waals surface area contributed by atoms with Gasteiger partial charge in [0.1, 0.15) is 0 Å². The van der Waals surface area contributed by atoms with Crippen molar-refractivity contribution in [2.75, 3.05) is 13.6 Å². The molecule has 3 heteroatoms. The van der Waals surface area contributed by atoms with Crippen LogP contribution >= 0.6 is 0 Å². The molecule has 0 aromatic heterocycles. The second-order valence-corrected chi connectivity index (χ2v) is 3.66. The Kier molecular flexibility index (Phi) is 1.60. The van der Waals surface area contributed by atoms with Crippen molar-refractivity contribution in [1.29, 1.82) is 0 Å². The molecule has 1 saturated heterocycles. The lowest BCUT2D eigenvalue weighted by Gasteiger charge is -2.21. The summed E-state index contributed by atoms with van der Waals surface area (Å²) in [5.74, 6) is 0.815. The molecular weight excluding hydrogens is 138 g/mol. The number of hydrazone groups is 1. The highest BCUT2D eigenvalue weighted by Crippen LogP contribution is 2.36. The number of piperidine rings is 1. The SMILES string of the molecule is C=NNC1C2CCC1N(C)C2. The number of fused-ring (bicyclic) bond motifs is 2. The zero-order valence-corrected chi connectivity index (χ0v) is 6.95. The molecule has 0 aromatic carbocycles. The fourth-order valence-electron chi connectivity index (χ4n) is 2.56. The third-order valence-corrected chi connectivity index (χ3v) is 3.08. The van der Waals surface area contributed by atoms with Gasteiger partial charge in [-0.2, -0.15) is 5.10 Å². The van der Waals surface area contributed by atoms with E-state index in [1.807, 2.05) is 0 Å². The van der Waals surface area contributed by atoms with Gasteiger partial charge in [0.05, 0.1) is 6.04 Å². The molecule has 1 aliphatic carbocycles. The number of rotatable bonds is 2. The van der Waals surface area contributed by atoms with Gasteiger partial charge in [0.25, 0.3) is 0 Å². The number of hydrogen-bond donors (Lipinski definition) is 1. The summed E-state index contributed by atoms with van der Waals surface area (Å²) in [7, 11) is 2.20. The molecule has 0 radical (unpaired) electrons. The van der Waals surface area contributed by atoms with Gasteiger partial charge < -0.3 is 10.3 Å². The van der Waals surface area contributed by atoms with Crippen LogP contribution in [0.25, 0.3) is 0 Å². The van der Waals surface area contributed by atoms with Crippen molar-refractivity contribution in [2.45, 2.75) is 24.9 Å². The van der Waals surface area contributed by atoms with Crippen LogP contribution in [0.1, 0.15) is 12.8 Å². The van der Waals surface area contributed by atoms with E-state index in [1.165, 1.54) is 19.4 Å². The third kappa shape index (κ3) is 0.948. The highest BCUT2D eigenvalue weighted by molar-refractivity contribution is 5.22. The van der Waals surface area contributed by atoms with Crippen LogP contribution in [0.5, 0.6) is 0 Å². The van der Waals surface area contributed by atoms with Crippen molar-refractivity contribution in [3.63, 3.8) is 0 Å². The Morgan fingerprint density at radius 2 is 2.36 bits per heavy atom. The second kappa shape index (κ2) is 2.48. The van der Waals surface area contributed by atoms with E-state index in [0.717, 1.165) is 5.92 Å². The first-order chi connectivity index (χ1) is 5.33. The van der Waals surface area contributed by atoms with E-state index in [0.29, 0.717) is 12.1 Å². The summed E-state index contributed by atoms with van der Waals surface area (Å²) in [5, 5.41) is 3.77. The van der Waals surface area contributed by atoms with Crippen LogP contribution in [-0.4, -0.2) is 37.3 Å². The average molecular weight is 153 g/mol. The number of nitrogens with zero attached hydrogens (tertiary/aromatic N) is 2. The number of likely N-dealkylation sites (N-methyl/N-ethyl adjacent to an activating group) is 1. The fourth-order valence-corrected chi connectivity index (χ4v) is 2.56. The lowest BCUT2D eigenvalue weighted by molar-refractivity contribution is 0.256. The number of nitrogens with one attached hydrogen (secondary N) is 1. The Morgan fingerprint density at radius 1 is 1.55 bits per heavy atom. The van der Waals surface area contributed by atoms with Gasteiger partial charge in [-0.05, 0) is 25.8 Å². The van der Waals surface area contributed by atoms with E-state index < -0.39 is 0 Å². The van der Waals surface area contributed by atoms with Crippen LogP contribution in [0.4, 0.5) is 0 Å².